The molecule has 0 saturated carbocycles. The van der Waals surface area contributed by atoms with Gasteiger partial charge in [0.1, 0.15) is 6.54 Å². The fraction of sp³-hybridized carbons (Fsp3) is 0.444. The Bertz CT molecular complexity index is 699. The van der Waals surface area contributed by atoms with Crippen molar-refractivity contribution in [1.29, 1.82) is 0 Å². The van der Waals surface area contributed by atoms with Crippen LogP contribution in [-0.4, -0.2) is 53.2 Å². The Balaban J connectivity index is 1.87. The highest BCUT2D eigenvalue weighted by molar-refractivity contribution is 6.45. The van der Waals surface area contributed by atoms with E-state index in [2.05, 4.69) is 5.32 Å². The number of hydrogen-bond donors (Lipinski definition) is 1. The van der Waals surface area contributed by atoms with Gasteiger partial charge >= 0.3 is 17.8 Å². The number of nitrogens with one attached hydrogen (secondary N) is 1. The minimum absolute atomic E-state index is 0.0450. The van der Waals surface area contributed by atoms with Crippen molar-refractivity contribution in [2.24, 2.45) is 5.92 Å². The fourth-order valence-corrected chi connectivity index (χ4v) is 2.64. The Morgan fingerprint density at radius 1 is 1.08 bits per heavy atom. The summed E-state index contributed by atoms with van der Waals surface area (Å²) in [6.45, 7) is 5.79. The Hall–Kier alpha value is -2.70. The summed E-state index contributed by atoms with van der Waals surface area (Å²) >= 11 is 0. The number of benzene rings is 1. The summed E-state index contributed by atoms with van der Waals surface area (Å²) < 4.78 is 0. The van der Waals surface area contributed by atoms with Gasteiger partial charge in [-0.15, -0.1) is 0 Å². The maximum Gasteiger partial charge on any atom is 0.334 e. The molecule has 0 aromatic heterocycles. The molecule has 0 atom stereocenters. The largest absolute Gasteiger partial charge is 0.354 e. The first kappa shape index (κ1) is 18.6. The maximum atomic E-state index is 12.2. The molecule has 1 aromatic rings. The minimum Gasteiger partial charge on any atom is -0.354 e. The van der Waals surface area contributed by atoms with Gasteiger partial charge in [-0.05, 0) is 30.4 Å². The highest BCUT2D eigenvalue weighted by Gasteiger charge is 2.45. The fourth-order valence-electron chi connectivity index (χ4n) is 2.64. The molecule has 1 N–H and O–H groups in total. The molecular formula is C18H23N3O4. The van der Waals surface area contributed by atoms with E-state index in [4.69, 9.17) is 0 Å². The van der Waals surface area contributed by atoms with E-state index in [1.165, 1.54) is 0 Å². The summed E-state index contributed by atoms with van der Waals surface area (Å²) in [4.78, 5) is 49.6. The lowest BCUT2D eigenvalue weighted by Crippen LogP contribution is -2.42. The number of hydrogen-bond acceptors (Lipinski definition) is 4. The van der Waals surface area contributed by atoms with Crippen LogP contribution in [0.25, 0.3) is 0 Å². The van der Waals surface area contributed by atoms with Crippen molar-refractivity contribution in [2.75, 3.05) is 19.6 Å². The number of urea groups is 1. The van der Waals surface area contributed by atoms with Gasteiger partial charge in [0.05, 0.1) is 0 Å². The molecular weight excluding hydrogens is 322 g/mol. The number of imide groups is 2. The molecule has 1 saturated heterocycles. The highest BCUT2D eigenvalue weighted by Crippen LogP contribution is 2.13. The summed E-state index contributed by atoms with van der Waals surface area (Å²) in [7, 11) is 0. The van der Waals surface area contributed by atoms with Crippen LogP contribution in [0.1, 0.15) is 25.0 Å². The van der Waals surface area contributed by atoms with Crippen molar-refractivity contribution in [2.45, 2.75) is 27.2 Å². The van der Waals surface area contributed by atoms with E-state index in [0.717, 1.165) is 16.0 Å². The van der Waals surface area contributed by atoms with Gasteiger partial charge in [0.15, 0.2) is 0 Å². The van der Waals surface area contributed by atoms with Crippen LogP contribution in [0.5, 0.6) is 0 Å². The Morgan fingerprint density at radius 3 is 2.36 bits per heavy atom. The van der Waals surface area contributed by atoms with Gasteiger partial charge < -0.3 is 5.32 Å². The first-order chi connectivity index (χ1) is 11.8. The van der Waals surface area contributed by atoms with Gasteiger partial charge in [0.25, 0.3) is 0 Å². The first-order valence-corrected chi connectivity index (χ1v) is 8.29. The van der Waals surface area contributed by atoms with Crippen molar-refractivity contribution >= 4 is 23.8 Å². The number of carbonyl (C=O) groups excluding carboxylic acids is 4. The zero-order chi connectivity index (χ0) is 18.6. The highest BCUT2D eigenvalue weighted by atomic mass is 16.2. The molecule has 1 heterocycles. The zero-order valence-electron chi connectivity index (χ0n) is 14.7. The second-order valence-electron chi connectivity index (χ2n) is 6.51. The van der Waals surface area contributed by atoms with E-state index in [1.54, 1.807) is 0 Å². The molecule has 5 amide bonds. The molecule has 7 nitrogen and oxygen atoms in total. The third-order valence-corrected chi connectivity index (χ3v) is 3.96. The first-order valence-electron chi connectivity index (χ1n) is 8.29. The SMILES string of the molecule is Cc1ccccc1CCNC(=O)CN1C(=O)C(=O)N(CC(C)C)C1=O. The molecule has 0 bridgehead atoms. The Labute approximate surface area is 147 Å². The molecule has 0 radical (unpaired) electrons. The van der Waals surface area contributed by atoms with Gasteiger partial charge in [-0.25, -0.2) is 9.69 Å². The monoisotopic (exact) mass is 345 g/mol. The number of amides is 5. The second kappa shape index (κ2) is 7.92. The molecule has 134 valence electrons. The quantitative estimate of drug-likeness (QED) is 0.592. The molecule has 1 fully saturated rings. The van der Waals surface area contributed by atoms with Gasteiger partial charge in [-0.3, -0.25) is 19.3 Å². The molecule has 1 aliphatic rings. The summed E-state index contributed by atoms with van der Waals surface area (Å²) in [5, 5.41) is 2.68. The topological polar surface area (TPSA) is 86.8 Å². The van der Waals surface area contributed by atoms with E-state index in [9.17, 15) is 19.2 Å². The van der Waals surface area contributed by atoms with Gasteiger partial charge in [0.2, 0.25) is 5.91 Å². The van der Waals surface area contributed by atoms with Crippen LogP contribution in [0.4, 0.5) is 4.79 Å². The van der Waals surface area contributed by atoms with Gasteiger partial charge in [-0.1, -0.05) is 38.1 Å². The van der Waals surface area contributed by atoms with E-state index < -0.39 is 30.3 Å². The molecule has 2 rings (SSSR count). The second-order valence-corrected chi connectivity index (χ2v) is 6.51. The lowest BCUT2D eigenvalue weighted by molar-refractivity contribution is -0.144. The maximum absolute atomic E-state index is 12.2. The standard InChI is InChI=1S/C18H23N3O4/c1-12(2)10-20-16(23)17(24)21(18(20)25)11-15(22)19-9-8-14-7-5-4-6-13(14)3/h4-7,12H,8-11H2,1-3H3,(H,19,22). The van der Waals surface area contributed by atoms with Crippen molar-refractivity contribution in [3.8, 4) is 0 Å². The molecule has 0 aliphatic carbocycles. The van der Waals surface area contributed by atoms with Crippen molar-refractivity contribution < 1.29 is 19.2 Å². The molecule has 25 heavy (non-hydrogen) atoms. The van der Waals surface area contributed by atoms with Crippen LogP contribution in [0.2, 0.25) is 0 Å². The molecule has 1 aromatic carbocycles. The van der Waals surface area contributed by atoms with E-state index >= 15 is 0 Å². The Kier molecular flexibility index (Phi) is 5.90. The number of aryl methyl sites for hydroxylation is 1. The van der Waals surface area contributed by atoms with Crippen LogP contribution >= 0.6 is 0 Å². The summed E-state index contributed by atoms with van der Waals surface area (Å²) in [5.74, 6) is -2.23. The van der Waals surface area contributed by atoms with E-state index in [0.29, 0.717) is 17.9 Å². The molecule has 0 unspecified atom stereocenters. The molecule has 0 spiro atoms. The smallest absolute Gasteiger partial charge is 0.334 e. The van der Waals surface area contributed by atoms with Crippen molar-refractivity contribution in [3.05, 3.63) is 35.4 Å². The van der Waals surface area contributed by atoms with E-state index in [-0.39, 0.29) is 12.5 Å². The molecule has 7 heteroatoms. The third-order valence-electron chi connectivity index (χ3n) is 3.96. The predicted molar refractivity (Wildman–Crippen MR) is 91.6 cm³/mol. The average molecular weight is 345 g/mol. The van der Waals surface area contributed by atoms with Crippen LogP contribution in [0.15, 0.2) is 24.3 Å². The van der Waals surface area contributed by atoms with E-state index in [1.807, 2.05) is 45.0 Å². The minimum atomic E-state index is -0.945. The van der Waals surface area contributed by atoms with Crippen LogP contribution in [0, 0.1) is 12.8 Å². The van der Waals surface area contributed by atoms with Crippen LogP contribution < -0.4 is 5.32 Å². The molecule has 1 aliphatic heterocycles. The normalized spacial score (nSPS) is 14.6. The predicted octanol–water partition coefficient (Wildman–Crippen LogP) is 1.10. The Morgan fingerprint density at radius 2 is 1.72 bits per heavy atom. The lowest BCUT2D eigenvalue weighted by Gasteiger charge is -2.16. The van der Waals surface area contributed by atoms with Crippen LogP contribution in [-0.2, 0) is 20.8 Å². The van der Waals surface area contributed by atoms with Gasteiger partial charge in [0, 0.05) is 13.1 Å². The van der Waals surface area contributed by atoms with Gasteiger partial charge in [-0.2, -0.15) is 0 Å². The summed E-state index contributed by atoms with van der Waals surface area (Å²) in [6, 6.07) is 7.13. The zero-order valence-corrected chi connectivity index (χ0v) is 14.7. The average Bonchev–Trinajstić information content (AvgIpc) is 2.74. The number of rotatable bonds is 7. The number of carbonyl (C=O) groups is 4. The van der Waals surface area contributed by atoms with Crippen molar-refractivity contribution in [3.63, 3.8) is 0 Å². The van der Waals surface area contributed by atoms with Crippen molar-refractivity contribution in [1.82, 2.24) is 15.1 Å². The lowest BCUT2D eigenvalue weighted by atomic mass is 10.1. The third kappa shape index (κ3) is 4.43. The van der Waals surface area contributed by atoms with Crippen LogP contribution in [0.3, 0.4) is 0 Å². The summed E-state index contributed by atoms with van der Waals surface area (Å²) in [5.41, 5.74) is 2.26. The summed E-state index contributed by atoms with van der Waals surface area (Å²) in [6.07, 6.45) is 0.651. The number of nitrogens with zero attached hydrogens (tertiary/aromatic N) is 2.